The summed E-state index contributed by atoms with van der Waals surface area (Å²) in [6.45, 7) is 4.86. The second-order valence-electron chi connectivity index (χ2n) is 8.24. The Bertz CT molecular complexity index is 560. The summed E-state index contributed by atoms with van der Waals surface area (Å²) in [4.78, 5) is 25.8. The van der Waals surface area contributed by atoms with Crippen molar-refractivity contribution < 1.29 is 14.3 Å². The average Bonchev–Trinajstić information content (AvgIpc) is 3.25. The Morgan fingerprint density at radius 1 is 1.23 bits per heavy atom. The summed E-state index contributed by atoms with van der Waals surface area (Å²) in [6.07, 6.45) is 5.33. The van der Waals surface area contributed by atoms with Crippen molar-refractivity contribution >= 4 is 12.0 Å². The Morgan fingerprint density at radius 2 is 1.92 bits per heavy atom. The molecule has 144 valence electrons. The zero-order chi connectivity index (χ0) is 18.7. The molecule has 0 aromatic rings. The van der Waals surface area contributed by atoms with Crippen LogP contribution in [-0.2, 0) is 9.53 Å². The molecular weight excluding hydrogens is 332 g/mol. The van der Waals surface area contributed by atoms with Crippen molar-refractivity contribution in [3.05, 3.63) is 0 Å². The zero-order valence-corrected chi connectivity index (χ0v) is 15.7. The van der Waals surface area contributed by atoms with Crippen LogP contribution in [-0.4, -0.2) is 54.2 Å². The van der Waals surface area contributed by atoms with Gasteiger partial charge < -0.3 is 20.3 Å². The monoisotopic (exact) mass is 362 g/mol. The van der Waals surface area contributed by atoms with E-state index in [1.54, 1.807) is 4.90 Å². The third-order valence-electron chi connectivity index (χ3n) is 5.92. The Kier molecular flexibility index (Phi) is 6.02. The SMILES string of the molecule is CC(C)NC(=O)OC1C[C@@H]2C[C@H](NCC(=O)N3CCC[C@H]3C#N)C[C@@H]2C1. The molecule has 0 radical (unpaired) electrons. The molecule has 3 fully saturated rings. The van der Waals surface area contributed by atoms with Gasteiger partial charge in [-0.1, -0.05) is 0 Å². The van der Waals surface area contributed by atoms with Gasteiger partial charge in [0.05, 0.1) is 12.6 Å². The predicted octanol–water partition coefficient (Wildman–Crippen LogP) is 1.78. The van der Waals surface area contributed by atoms with Gasteiger partial charge in [0, 0.05) is 18.6 Å². The van der Waals surface area contributed by atoms with E-state index in [9.17, 15) is 9.59 Å². The van der Waals surface area contributed by atoms with Gasteiger partial charge in [0.25, 0.3) is 0 Å². The highest BCUT2D eigenvalue weighted by Crippen LogP contribution is 2.45. The Hall–Kier alpha value is -1.81. The molecule has 2 N–H and O–H groups in total. The van der Waals surface area contributed by atoms with Crippen molar-refractivity contribution in [2.24, 2.45) is 11.8 Å². The van der Waals surface area contributed by atoms with E-state index in [4.69, 9.17) is 10.00 Å². The lowest BCUT2D eigenvalue weighted by Gasteiger charge is -2.22. The van der Waals surface area contributed by atoms with Gasteiger partial charge in [-0.3, -0.25) is 4.79 Å². The fourth-order valence-corrected chi connectivity index (χ4v) is 4.78. The van der Waals surface area contributed by atoms with E-state index in [2.05, 4.69) is 16.7 Å². The van der Waals surface area contributed by atoms with Crippen LogP contribution >= 0.6 is 0 Å². The van der Waals surface area contributed by atoms with Crippen LogP contribution in [0.5, 0.6) is 0 Å². The quantitative estimate of drug-likeness (QED) is 0.777. The highest BCUT2D eigenvalue weighted by atomic mass is 16.6. The number of carbonyl (C=O) groups excluding carboxylic acids is 2. The van der Waals surface area contributed by atoms with Gasteiger partial charge in [-0.15, -0.1) is 0 Å². The first kappa shape index (κ1) is 19.0. The number of hydrogen-bond donors (Lipinski definition) is 2. The van der Waals surface area contributed by atoms with Crippen LogP contribution in [0, 0.1) is 23.2 Å². The summed E-state index contributed by atoms with van der Waals surface area (Å²) < 4.78 is 5.52. The summed E-state index contributed by atoms with van der Waals surface area (Å²) in [5.41, 5.74) is 0. The van der Waals surface area contributed by atoms with E-state index < -0.39 is 0 Å². The van der Waals surface area contributed by atoms with Gasteiger partial charge in [-0.2, -0.15) is 5.26 Å². The number of ether oxygens (including phenoxy) is 1. The van der Waals surface area contributed by atoms with Crippen LogP contribution in [0.4, 0.5) is 4.79 Å². The van der Waals surface area contributed by atoms with Crippen LogP contribution in [0.3, 0.4) is 0 Å². The van der Waals surface area contributed by atoms with Crippen molar-refractivity contribution in [2.75, 3.05) is 13.1 Å². The first-order valence-corrected chi connectivity index (χ1v) is 9.86. The molecule has 2 aliphatic carbocycles. The number of nitrogens with zero attached hydrogens (tertiary/aromatic N) is 2. The molecule has 3 aliphatic rings. The largest absolute Gasteiger partial charge is 0.446 e. The molecule has 7 nitrogen and oxygen atoms in total. The van der Waals surface area contributed by atoms with Gasteiger partial charge >= 0.3 is 6.09 Å². The molecule has 2 amide bonds. The second kappa shape index (κ2) is 8.26. The third kappa shape index (κ3) is 4.47. The number of rotatable bonds is 5. The van der Waals surface area contributed by atoms with Gasteiger partial charge in [-0.25, -0.2) is 4.79 Å². The van der Waals surface area contributed by atoms with Gasteiger partial charge in [0.1, 0.15) is 12.1 Å². The van der Waals surface area contributed by atoms with E-state index in [0.29, 0.717) is 31.0 Å². The van der Waals surface area contributed by atoms with Crippen LogP contribution in [0.25, 0.3) is 0 Å². The first-order chi connectivity index (χ1) is 12.5. The highest BCUT2D eigenvalue weighted by molar-refractivity contribution is 5.79. The molecule has 0 aromatic heterocycles. The standard InChI is InChI=1S/C19H30N4O3/c1-12(2)22-19(25)26-17-8-13-6-15(7-14(13)9-17)21-11-18(24)23-5-3-4-16(23)10-20/h12-17,21H,3-9,11H2,1-2H3,(H,22,25)/t13-,14+,15-,16-,17?/m0/s1. The fourth-order valence-electron chi connectivity index (χ4n) is 4.78. The summed E-state index contributed by atoms with van der Waals surface area (Å²) in [6, 6.07) is 2.41. The lowest BCUT2D eigenvalue weighted by molar-refractivity contribution is -0.130. The maximum Gasteiger partial charge on any atom is 0.407 e. The Balaban J connectivity index is 1.38. The molecule has 26 heavy (non-hydrogen) atoms. The number of amides is 2. The van der Waals surface area contributed by atoms with E-state index in [1.165, 1.54) is 0 Å². The van der Waals surface area contributed by atoms with Gasteiger partial charge in [-0.05, 0) is 64.2 Å². The molecule has 1 unspecified atom stereocenters. The molecule has 5 atom stereocenters. The van der Waals surface area contributed by atoms with E-state index in [-0.39, 0.29) is 30.2 Å². The van der Waals surface area contributed by atoms with Crippen molar-refractivity contribution in [3.63, 3.8) is 0 Å². The van der Waals surface area contributed by atoms with Crippen molar-refractivity contribution in [1.82, 2.24) is 15.5 Å². The number of nitriles is 1. The maximum absolute atomic E-state index is 12.3. The molecule has 1 heterocycles. The molecule has 1 saturated heterocycles. The molecule has 0 bridgehead atoms. The minimum absolute atomic E-state index is 0.0207. The number of hydrogen-bond acceptors (Lipinski definition) is 5. The Morgan fingerprint density at radius 3 is 2.54 bits per heavy atom. The molecule has 3 rings (SSSR count). The summed E-state index contributed by atoms with van der Waals surface area (Å²) in [5, 5.41) is 15.3. The normalized spacial score (nSPS) is 33.2. The zero-order valence-electron chi connectivity index (χ0n) is 15.7. The van der Waals surface area contributed by atoms with Crippen LogP contribution in [0.1, 0.15) is 52.4 Å². The van der Waals surface area contributed by atoms with Crippen molar-refractivity contribution in [1.29, 1.82) is 5.26 Å². The average molecular weight is 362 g/mol. The lowest BCUT2D eigenvalue weighted by atomic mass is 10.0. The van der Waals surface area contributed by atoms with Crippen LogP contribution in [0.15, 0.2) is 0 Å². The topological polar surface area (TPSA) is 94.5 Å². The Labute approximate surface area is 155 Å². The number of likely N-dealkylation sites (tertiary alicyclic amines) is 1. The molecule has 1 aliphatic heterocycles. The smallest absolute Gasteiger partial charge is 0.407 e. The lowest BCUT2D eigenvalue weighted by Crippen LogP contribution is -2.43. The molecule has 0 spiro atoms. The van der Waals surface area contributed by atoms with E-state index in [0.717, 1.165) is 38.5 Å². The highest BCUT2D eigenvalue weighted by Gasteiger charge is 2.43. The summed E-state index contributed by atoms with van der Waals surface area (Å²) in [7, 11) is 0. The number of alkyl carbamates (subject to hydrolysis) is 1. The maximum atomic E-state index is 12.3. The molecule has 7 heteroatoms. The molecule has 0 aromatic carbocycles. The fraction of sp³-hybridized carbons (Fsp3) is 0.842. The first-order valence-electron chi connectivity index (χ1n) is 9.86. The number of fused-ring (bicyclic) bond motifs is 1. The third-order valence-corrected chi connectivity index (χ3v) is 5.92. The second-order valence-corrected chi connectivity index (χ2v) is 8.24. The minimum Gasteiger partial charge on any atom is -0.446 e. The van der Waals surface area contributed by atoms with Crippen molar-refractivity contribution in [3.8, 4) is 6.07 Å². The van der Waals surface area contributed by atoms with Gasteiger partial charge in [0.2, 0.25) is 5.91 Å². The van der Waals surface area contributed by atoms with Gasteiger partial charge in [0.15, 0.2) is 0 Å². The minimum atomic E-state index is -0.317. The summed E-state index contributed by atoms with van der Waals surface area (Å²) in [5.74, 6) is 1.17. The van der Waals surface area contributed by atoms with Crippen LogP contribution < -0.4 is 10.6 Å². The van der Waals surface area contributed by atoms with Crippen molar-refractivity contribution in [2.45, 2.75) is 76.6 Å². The molecular formula is C19H30N4O3. The van der Waals surface area contributed by atoms with Crippen LogP contribution in [0.2, 0.25) is 0 Å². The summed E-state index contributed by atoms with van der Waals surface area (Å²) >= 11 is 0. The predicted molar refractivity (Wildman–Crippen MR) is 96.1 cm³/mol. The number of nitrogens with one attached hydrogen (secondary N) is 2. The number of carbonyl (C=O) groups is 2. The molecule has 2 saturated carbocycles. The van der Waals surface area contributed by atoms with E-state index in [1.807, 2.05) is 13.8 Å². The van der Waals surface area contributed by atoms with E-state index >= 15 is 0 Å².